The molecule has 0 bridgehead atoms. The van der Waals surface area contributed by atoms with Gasteiger partial charge < -0.3 is 14.5 Å². The molecule has 3 aromatic rings. The highest BCUT2D eigenvalue weighted by atomic mass is 32.1. The first kappa shape index (κ1) is 18.2. The molecule has 7 nitrogen and oxygen atoms in total. The minimum atomic E-state index is -0.623. The molecular weight excluding hydrogens is 388 g/mol. The first-order valence-electron chi connectivity index (χ1n) is 9.68. The Labute approximate surface area is 172 Å². The molecular formula is C21H20N4O3S. The Morgan fingerprint density at radius 1 is 1.00 bits per heavy atom. The standard InChI is InChI=1S/C21H20N4O3S/c26-20(15-5-6-17-18(11-15)23-29-22-17)25-9-10-28-19(13-25)21(27)24-8-7-14-3-1-2-4-16(14)12-24/h1-6,11,19H,7-10,12-13H2. The molecule has 0 spiro atoms. The molecule has 148 valence electrons. The number of morpholine rings is 1. The van der Waals surface area contributed by atoms with E-state index in [1.165, 1.54) is 11.1 Å². The molecule has 0 aliphatic carbocycles. The summed E-state index contributed by atoms with van der Waals surface area (Å²) in [5.41, 5.74) is 4.54. The Kier molecular flexibility index (Phi) is 4.73. The number of nitrogens with zero attached hydrogens (tertiary/aromatic N) is 4. The minimum Gasteiger partial charge on any atom is -0.365 e. The van der Waals surface area contributed by atoms with Crippen LogP contribution in [0, 0.1) is 0 Å². The highest BCUT2D eigenvalue weighted by molar-refractivity contribution is 7.00. The number of carbonyl (C=O) groups is 2. The topological polar surface area (TPSA) is 75.6 Å². The average molecular weight is 408 g/mol. The number of ether oxygens (including phenoxy) is 1. The molecule has 1 fully saturated rings. The largest absolute Gasteiger partial charge is 0.365 e. The first-order valence-corrected chi connectivity index (χ1v) is 10.4. The second-order valence-electron chi connectivity index (χ2n) is 7.36. The van der Waals surface area contributed by atoms with Gasteiger partial charge in [-0.15, -0.1) is 0 Å². The van der Waals surface area contributed by atoms with E-state index in [2.05, 4.69) is 20.9 Å². The Balaban J connectivity index is 1.29. The second kappa shape index (κ2) is 7.53. The van der Waals surface area contributed by atoms with E-state index in [4.69, 9.17) is 4.74 Å². The van der Waals surface area contributed by atoms with Gasteiger partial charge in [-0.2, -0.15) is 8.75 Å². The number of benzene rings is 2. The molecule has 3 heterocycles. The van der Waals surface area contributed by atoms with E-state index in [-0.39, 0.29) is 18.4 Å². The van der Waals surface area contributed by atoms with E-state index in [1.54, 1.807) is 23.1 Å². The summed E-state index contributed by atoms with van der Waals surface area (Å²) < 4.78 is 14.1. The fraction of sp³-hybridized carbons (Fsp3) is 0.333. The van der Waals surface area contributed by atoms with Crippen molar-refractivity contribution >= 4 is 34.6 Å². The van der Waals surface area contributed by atoms with Gasteiger partial charge in [0.25, 0.3) is 11.8 Å². The van der Waals surface area contributed by atoms with Gasteiger partial charge in [-0.05, 0) is 35.7 Å². The van der Waals surface area contributed by atoms with Gasteiger partial charge in [0.05, 0.1) is 24.9 Å². The van der Waals surface area contributed by atoms with Gasteiger partial charge >= 0.3 is 0 Å². The SMILES string of the molecule is O=C(c1ccc2nsnc2c1)N1CCOC(C(=O)N2CCc3ccccc3C2)C1. The number of rotatable bonds is 2. The molecule has 0 radical (unpaired) electrons. The van der Waals surface area contributed by atoms with Crippen molar-refractivity contribution in [3.63, 3.8) is 0 Å². The van der Waals surface area contributed by atoms with Gasteiger partial charge in [-0.3, -0.25) is 9.59 Å². The second-order valence-corrected chi connectivity index (χ2v) is 7.89. The van der Waals surface area contributed by atoms with Crippen LogP contribution in [0.1, 0.15) is 21.5 Å². The Hall–Kier alpha value is -2.84. The Morgan fingerprint density at radius 2 is 1.83 bits per heavy atom. The zero-order valence-electron chi connectivity index (χ0n) is 15.8. The first-order chi connectivity index (χ1) is 14.2. The average Bonchev–Trinajstić information content (AvgIpc) is 3.26. The smallest absolute Gasteiger partial charge is 0.254 e. The number of hydrogen-bond acceptors (Lipinski definition) is 6. The molecule has 0 saturated carbocycles. The number of fused-ring (bicyclic) bond motifs is 2. The highest BCUT2D eigenvalue weighted by Crippen LogP contribution is 2.21. The third-order valence-corrected chi connectivity index (χ3v) is 6.13. The number of aromatic nitrogens is 2. The fourth-order valence-electron chi connectivity index (χ4n) is 3.97. The molecule has 1 saturated heterocycles. The summed E-state index contributed by atoms with van der Waals surface area (Å²) in [4.78, 5) is 29.6. The molecule has 1 atom stereocenters. The summed E-state index contributed by atoms with van der Waals surface area (Å²) in [6.45, 7) is 2.36. The summed E-state index contributed by atoms with van der Waals surface area (Å²) in [7, 11) is 0. The minimum absolute atomic E-state index is 0.0452. The number of amides is 2. The lowest BCUT2D eigenvalue weighted by Gasteiger charge is -2.36. The van der Waals surface area contributed by atoms with Gasteiger partial charge in [-0.25, -0.2) is 0 Å². The summed E-state index contributed by atoms with van der Waals surface area (Å²) in [5.74, 6) is -0.152. The van der Waals surface area contributed by atoms with E-state index in [1.807, 2.05) is 17.0 Å². The van der Waals surface area contributed by atoms with Crippen LogP contribution in [0.2, 0.25) is 0 Å². The van der Waals surface area contributed by atoms with Crippen LogP contribution in [-0.2, 0) is 22.5 Å². The van der Waals surface area contributed by atoms with Crippen LogP contribution in [-0.4, -0.2) is 62.7 Å². The van der Waals surface area contributed by atoms with Crippen LogP contribution in [0.15, 0.2) is 42.5 Å². The van der Waals surface area contributed by atoms with Crippen LogP contribution in [0.25, 0.3) is 11.0 Å². The molecule has 0 N–H and O–H groups in total. The predicted molar refractivity (Wildman–Crippen MR) is 109 cm³/mol. The lowest BCUT2D eigenvalue weighted by Crippen LogP contribution is -2.53. The quantitative estimate of drug-likeness (QED) is 0.649. The van der Waals surface area contributed by atoms with Crippen molar-refractivity contribution in [2.45, 2.75) is 19.1 Å². The van der Waals surface area contributed by atoms with E-state index in [0.29, 0.717) is 37.3 Å². The van der Waals surface area contributed by atoms with Crippen LogP contribution < -0.4 is 0 Å². The maximum Gasteiger partial charge on any atom is 0.254 e. The maximum atomic E-state index is 13.1. The normalized spacial score (nSPS) is 19.2. The lowest BCUT2D eigenvalue weighted by atomic mass is 9.99. The zero-order chi connectivity index (χ0) is 19.8. The highest BCUT2D eigenvalue weighted by Gasteiger charge is 2.33. The molecule has 5 rings (SSSR count). The van der Waals surface area contributed by atoms with E-state index in [0.717, 1.165) is 23.7 Å². The third kappa shape index (κ3) is 3.49. The number of hydrogen-bond donors (Lipinski definition) is 0. The van der Waals surface area contributed by atoms with Crippen LogP contribution >= 0.6 is 11.7 Å². The summed E-state index contributed by atoms with van der Waals surface area (Å²) >= 11 is 1.13. The van der Waals surface area contributed by atoms with Crippen molar-refractivity contribution in [3.05, 3.63) is 59.2 Å². The molecule has 2 aliphatic heterocycles. The fourth-order valence-corrected chi connectivity index (χ4v) is 4.49. The Bertz CT molecular complexity index is 1080. The predicted octanol–water partition coefficient (Wildman–Crippen LogP) is 2.12. The molecule has 1 unspecified atom stereocenters. The molecule has 8 heteroatoms. The van der Waals surface area contributed by atoms with Crippen molar-refractivity contribution in [2.24, 2.45) is 0 Å². The molecule has 1 aromatic heterocycles. The van der Waals surface area contributed by atoms with E-state index < -0.39 is 6.10 Å². The summed E-state index contributed by atoms with van der Waals surface area (Å²) in [5, 5.41) is 0. The van der Waals surface area contributed by atoms with Gasteiger partial charge in [0, 0.05) is 25.2 Å². The summed E-state index contributed by atoms with van der Waals surface area (Å²) in [6, 6.07) is 13.5. The zero-order valence-corrected chi connectivity index (χ0v) is 16.6. The number of carbonyl (C=O) groups excluding carboxylic acids is 2. The lowest BCUT2D eigenvalue weighted by molar-refractivity contribution is -0.149. The van der Waals surface area contributed by atoms with Gasteiger partial charge in [0.2, 0.25) is 0 Å². The van der Waals surface area contributed by atoms with Gasteiger partial charge in [0.1, 0.15) is 11.0 Å². The Morgan fingerprint density at radius 3 is 2.72 bits per heavy atom. The van der Waals surface area contributed by atoms with Crippen molar-refractivity contribution in [3.8, 4) is 0 Å². The van der Waals surface area contributed by atoms with Crippen molar-refractivity contribution in [1.82, 2.24) is 18.5 Å². The van der Waals surface area contributed by atoms with Crippen molar-refractivity contribution in [1.29, 1.82) is 0 Å². The van der Waals surface area contributed by atoms with Crippen molar-refractivity contribution < 1.29 is 14.3 Å². The third-order valence-electron chi connectivity index (χ3n) is 5.57. The van der Waals surface area contributed by atoms with Crippen LogP contribution in [0.5, 0.6) is 0 Å². The monoisotopic (exact) mass is 408 g/mol. The molecule has 2 aliphatic rings. The van der Waals surface area contributed by atoms with Crippen LogP contribution in [0.3, 0.4) is 0 Å². The van der Waals surface area contributed by atoms with Gasteiger partial charge in [-0.1, -0.05) is 24.3 Å². The molecule has 2 aromatic carbocycles. The molecule has 29 heavy (non-hydrogen) atoms. The van der Waals surface area contributed by atoms with Crippen molar-refractivity contribution in [2.75, 3.05) is 26.2 Å². The van der Waals surface area contributed by atoms with E-state index in [9.17, 15) is 9.59 Å². The molecule has 2 amide bonds. The van der Waals surface area contributed by atoms with Gasteiger partial charge in [0.15, 0.2) is 6.10 Å². The van der Waals surface area contributed by atoms with E-state index >= 15 is 0 Å². The van der Waals surface area contributed by atoms with Crippen LogP contribution in [0.4, 0.5) is 0 Å². The summed E-state index contributed by atoms with van der Waals surface area (Å²) in [6.07, 6.45) is 0.224. The maximum absolute atomic E-state index is 13.1.